The largest absolute Gasteiger partial charge is 0.462 e. The Labute approximate surface area is 128 Å². The number of hydrogen-bond acceptors (Lipinski definition) is 3. The Kier molecular flexibility index (Phi) is 5.04. The number of esters is 1. The number of piperidine rings is 1. The topological polar surface area (TPSA) is 29.5 Å². The van der Waals surface area contributed by atoms with Crippen molar-refractivity contribution >= 4 is 5.97 Å². The van der Waals surface area contributed by atoms with Crippen LogP contribution in [0, 0.1) is 11.3 Å². The fourth-order valence-corrected chi connectivity index (χ4v) is 2.69. The van der Waals surface area contributed by atoms with Gasteiger partial charge in [-0.2, -0.15) is 0 Å². The maximum atomic E-state index is 12.0. The predicted octanol–water partition coefficient (Wildman–Crippen LogP) is 3.49. The van der Waals surface area contributed by atoms with Crippen LogP contribution in [-0.2, 0) is 16.1 Å². The summed E-state index contributed by atoms with van der Waals surface area (Å²) in [5.41, 5.74) is 0.927. The maximum Gasteiger partial charge on any atom is 0.311 e. The SMILES string of the molecule is C[C@@H]1CN(Cc2ccccc2)CC[C@H]1OC(=O)C(C)(C)C. The summed E-state index contributed by atoms with van der Waals surface area (Å²) in [6, 6.07) is 10.5. The summed E-state index contributed by atoms with van der Waals surface area (Å²) in [5, 5.41) is 0. The molecule has 0 saturated carbocycles. The lowest BCUT2D eigenvalue weighted by atomic mass is 9.94. The molecule has 2 rings (SSSR count). The smallest absolute Gasteiger partial charge is 0.311 e. The molecular weight excluding hydrogens is 262 g/mol. The minimum absolute atomic E-state index is 0.0590. The van der Waals surface area contributed by atoms with Crippen molar-refractivity contribution in [2.24, 2.45) is 11.3 Å². The number of benzene rings is 1. The van der Waals surface area contributed by atoms with Crippen LogP contribution >= 0.6 is 0 Å². The first-order chi connectivity index (χ1) is 9.86. The summed E-state index contributed by atoms with van der Waals surface area (Å²) in [6.07, 6.45) is 0.985. The second kappa shape index (κ2) is 6.61. The summed E-state index contributed by atoms with van der Waals surface area (Å²) in [5.74, 6) is 0.296. The quantitative estimate of drug-likeness (QED) is 0.798. The van der Waals surface area contributed by atoms with Crippen molar-refractivity contribution in [3.63, 3.8) is 0 Å². The van der Waals surface area contributed by atoms with Gasteiger partial charge in [-0.15, -0.1) is 0 Å². The molecule has 0 radical (unpaired) electrons. The first-order valence-electron chi connectivity index (χ1n) is 7.83. The normalized spacial score (nSPS) is 23.8. The van der Waals surface area contributed by atoms with Gasteiger partial charge in [0.1, 0.15) is 6.10 Å². The molecule has 1 aromatic carbocycles. The van der Waals surface area contributed by atoms with Crippen molar-refractivity contribution in [1.29, 1.82) is 0 Å². The standard InChI is InChI=1S/C18H27NO2/c1-14-12-19(13-15-8-6-5-7-9-15)11-10-16(14)21-17(20)18(2,3)4/h5-9,14,16H,10-13H2,1-4H3/t14-,16-/m1/s1. The number of carbonyl (C=O) groups excluding carboxylic acids is 1. The molecule has 2 atom stereocenters. The predicted molar refractivity (Wildman–Crippen MR) is 84.8 cm³/mol. The number of rotatable bonds is 3. The zero-order valence-corrected chi connectivity index (χ0v) is 13.6. The fraction of sp³-hybridized carbons (Fsp3) is 0.611. The lowest BCUT2D eigenvalue weighted by Gasteiger charge is -2.37. The van der Waals surface area contributed by atoms with E-state index in [2.05, 4.69) is 36.1 Å². The van der Waals surface area contributed by atoms with Crippen LogP contribution in [0.25, 0.3) is 0 Å². The van der Waals surface area contributed by atoms with Gasteiger partial charge in [0.2, 0.25) is 0 Å². The lowest BCUT2D eigenvalue weighted by molar-refractivity contribution is -0.164. The van der Waals surface area contributed by atoms with E-state index in [9.17, 15) is 4.79 Å². The van der Waals surface area contributed by atoms with Crippen molar-refractivity contribution in [3.8, 4) is 0 Å². The Morgan fingerprint density at radius 2 is 1.95 bits per heavy atom. The van der Waals surface area contributed by atoms with Gasteiger partial charge in [-0.05, 0) is 32.8 Å². The van der Waals surface area contributed by atoms with E-state index in [1.807, 2.05) is 26.8 Å². The number of carbonyl (C=O) groups is 1. The first-order valence-corrected chi connectivity index (χ1v) is 7.83. The molecule has 3 heteroatoms. The molecule has 0 aliphatic carbocycles. The lowest BCUT2D eigenvalue weighted by Crippen LogP contribution is -2.44. The summed E-state index contributed by atoms with van der Waals surface area (Å²) >= 11 is 0. The van der Waals surface area contributed by atoms with E-state index in [4.69, 9.17) is 4.74 Å². The Morgan fingerprint density at radius 3 is 2.52 bits per heavy atom. The minimum atomic E-state index is -0.416. The van der Waals surface area contributed by atoms with Crippen LogP contribution in [0.2, 0.25) is 0 Å². The van der Waals surface area contributed by atoms with Gasteiger partial charge in [-0.1, -0.05) is 37.3 Å². The molecule has 1 aromatic rings. The van der Waals surface area contributed by atoms with E-state index in [-0.39, 0.29) is 12.1 Å². The molecule has 0 N–H and O–H groups in total. The third-order valence-electron chi connectivity index (χ3n) is 4.03. The highest BCUT2D eigenvalue weighted by atomic mass is 16.5. The minimum Gasteiger partial charge on any atom is -0.462 e. The van der Waals surface area contributed by atoms with Gasteiger partial charge in [0.05, 0.1) is 5.41 Å². The van der Waals surface area contributed by atoms with Crippen molar-refractivity contribution in [3.05, 3.63) is 35.9 Å². The Bertz CT molecular complexity index is 464. The van der Waals surface area contributed by atoms with Gasteiger partial charge in [0.25, 0.3) is 0 Å². The van der Waals surface area contributed by atoms with Crippen molar-refractivity contribution in [2.75, 3.05) is 13.1 Å². The Balaban J connectivity index is 1.86. The highest BCUT2D eigenvalue weighted by molar-refractivity contribution is 5.75. The summed E-state index contributed by atoms with van der Waals surface area (Å²) in [7, 11) is 0. The third-order valence-corrected chi connectivity index (χ3v) is 4.03. The van der Waals surface area contributed by atoms with E-state index in [1.165, 1.54) is 5.56 Å². The molecule has 1 saturated heterocycles. The summed E-state index contributed by atoms with van der Waals surface area (Å²) in [4.78, 5) is 14.5. The Morgan fingerprint density at radius 1 is 1.29 bits per heavy atom. The highest BCUT2D eigenvalue weighted by Crippen LogP contribution is 2.25. The van der Waals surface area contributed by atoms with E-state index in [1.54, 1.807) is 0 Å². The number of ether oxygens (including phenoxy) is 1. The molecule has 21 heavy (non-hydrogen) atoms. The molecule has 0 bridgehead atoms. The molecule has 0 aromatic heterocycles. The van der Waals surface area contributed by atoms with E-state index in [0.717, 1.165) is 26.1 Å². The maximum absolute atomic E-state index is 12.0. The van der Waals surface area contributed by atoms with Crippen molar-refractivity contribution < 1.29 is 9.53 Å². The van der Waals surface area contributed by atoms with Crippen LogP contribution in [0.4, 0.5) is 0 Å². The van der Waals surface area contributed by atoms with Crippen LogP contribution in [0.3, 0.4) is 0 Å². The molecule has 0 amide bonds. The molecule has 0 spiro atoms. The average Bonchev–Trinajstić information content (AvgIpc) is 2.42. The highest BCUT2D eigenvalue weighted by Gasteiger charge is 2.32. The Hall–Kier alpha value is -1.35. The van der Waals surface area contributed by atoms with Gasteiger partial charge in [-0.25, -0.2) is 0 Å². The zero-order valence-electron chi connectivity index (χ0n) is 13.6. The van der Waals surface area contributed by atoms with Gasteiger partial charge < -0.3 is 4.74 Å². The van der Waals surface area contributed by atoms with E-state index >= 15 is 0 Å². The van der Waals surface area contributed by atoms with E-state index in [0.29, 0.717) is 5.92 Å². The van der Waals surface area contributed by atoms with Crippen LogP contribution in [0.5, 0.6) is 0 Å². The molecule has 0 unspecified atom stereocenters. The van der Waals surface area contributed by atoms with Gasteiger partial charge >= 0.3 is 5.97 Å². The second-order valence-corrected chi connectivity index (χ2v) is 7.18. The first kappa shape index (κ1) is 16.0. The monoisotopic (exact) mass is 289 g/mol. The van der Waals surface area contributed by atoms with Gasteiger partial charge in [0, 0.05) is 25.6 Å². The molecular formula is C18H27NO2. The zero-order chi connectivity index (χ0) is 15.5. The second-order valence-electron chi connectivity index (χ2n) is 7.18. The van der Waals surface area contributed by atoms with Crippen LogP contribution in [-0.4, -0.2) is 30.1 Å². The number of likely N-dealkylation sites (tertiary alicyclic amines) is 1. The van der Waals surface area contributed by atoms with Crippen molar-refractivity contribution in [2.45, 2.75) is 46.8 Å². The van der Waals surface area contributed by atoms with Crippen LogP contribution in [0.1, 0.15) is 39.7 Å². The number of nitrogens with zero attached hydrogens (tertiary/aromatic N) is 1. The molecule has 3 nitrogen and oxygen atoms in total. The van der Waals surface area contributed by atoms with E-state index < -0.39 is 5.41 Å². The fourth-order valence-electron chi connectivity index (χ4n) is 2.69. The summed E-state index contributed by atoms with van der Waals surface area (Å²) < 4.78 is 5.70. The van der Waals surface area contributed by atoms with Gasteiger partial charge in [-0.3, -0.25) is 9.69 Å². The molecule has 1 heterocycles. The molecule has 1 fully saturated rings. The van der Waals surface area contributed by atoms with Crippen LogP contribution in [0.15, 0.2) is 30.3 Å². The molecule has 116 valence electrons. The summed E-state index contributed by atoms with van der Waals surface area (Å²) in [6.45, 7) is 10.8. The average molecular weight is 289 g/mol. The van der Waals surface area contributed by atoms with Crippen molar-refractivity contribution in [1.82, 2.24) is 4.90 Å². The molecule has 1 aliphatic heterocycles. The van der Waals surface area contributed by atoms with Crippen LogP contribution < -0.4 is 0 Å². The number of hydrogen-bond donors (Lipinski definition) is 0. The third kappa shape index (κ3) is 4.57. The molecule has 1 aliphatic rings. The van der Waals surface area contributed by atoms with Gasteiger partial charge in [0.15, 0.2) is 0 Å².